The lowest BCUT2D eigenvalue weighted by atomic mass is 10.1. The molecule has 7 nitrogen and oxygen atoms in total. The summed E-state index contributed by atoms with van der Waals surface area (Å²) < 4.78 is 11.5. The van der Waals surface area contributed by atoms with E-state index in [0.717, 1.165) is 18.7 Å². The summed E-state index contributed by atoms with van der Waals surface area (Å²) in [5, 5.41) is 0. The Balaban J connectivity index is 1.91. The molecule has 1 atom stereocenters. The normalized spacial score (nSPS) is 16.9. The minimum Gasteiger partial charge on any atom is -0.469 e. The molecule has 23 heavy (non-hydrogen) atoms. The number of rotatable bonds is 4. The number of morpholine rings is 1. The molecule has 7 heteroatoms. The standard InChI is InChI=1S/C16H21N5O2/c1-11(21-7-9-22-10-8-21)23-14-13(12-5-3-2-4-6-12)19-16(18)20-15(14)17/h2-6,11H,7-10H2,1H3,(H4,17,18,19,20). The fourth-order valence-corrected chi connectivity index (χ4v) is 2.58. The molecular weight excluding hydrogens is 294 g/mol. The molecule has 1 fully saturated rings. The van der Waals surface area contributed by atoms with Crippen LogP contribution in [0.5, 0.6) is 5.75 Å². The maximum Gasteiger partial charge on any atom is 0.222 e. The molecule has 0 saturated carbocycles. The van der Waals surface area contributed by atoms with Crippen molar-refractivity contribution in [2.75, 3.05) is 37.8 Å². The SMILES string of the molecule is CC(Oc1c(N)nc(N)nc1-c1ccccc1)N1CCOCC1. The monoisotopic (exact) mass is 315 g/mol. The van der Waals surface area contributed by atoms with Crippen molar-refractivity contribution in [2.24, 2.45) is 0 Å². The largest absolute Gasteiger partial charge is 0.469 e. The predicted octanol–water partition coefficient (Wildman–Crippen LogP) is 1.36. The second kappa shape index (κ2) is 6.80. The fourth-order valence-electron chi connectivity index (χ4n) is 2.58. The van der Waals surface area contributed by atoms with Crippen molar-refractivity contribution >= 4 is 11.8 Å². The van der Waals surface area contributed by atoms with Crippen LogP contribution in [0.2, 0.25) is 0 Å². The summed E-state index contributed by atoms with van der Waals surface area (Å²) in [5.74, 6) is 0.841. The number of ether oxygens (including phenoxy) is 2. The zero-order valence-electron chi connectivity index (χ0n) is 13.1. The number of aromatic nitrogens is 2. The lowest BCUT2D eigenvalue weighted by Crippen LogP contribution is -2.44. The Morgan fingerprint density at radius 3 is 2.52 bits per heavy atom. The van der Waals surface area contributed by atoms with Crippen molar-refractivity contribution in [3.63, 3.8) is 0 Å². The van der Waals surface area contributed by atoms with Crippen LogP contribution in [0, 0.1) is 0 Å². The number of hydrogen-bond donors (Lipinski definition) is 2. The van der Waals surface area contributed by atoms with E-state index in [-0.39, 0.29) is 18.0 Å². The summed E-state index contributed by atoms with van der Waals surface area (Å²) in [4.78, 5) is 10.5. The number of nitrogen functional groups attached to an aromatic ring is 2. The average molecular weight is 315 g/mol. The van der Waals surface area contributed by atoms with Crippen molar-refractivity contribution in [2.45, 2.75) is 13.2 Å². The van der Waals surface area contributed by atoms with Gasteiger partial charge in [-0.2, -0.15) is 4.98 Å². The third kappa shape index (κ3) is 3.52. The molecule has 2 heterocycles. The third-order valence-corrected chi connectivity index (χ3v) is 3.80. The Hall–Kier alpha value is -2.38. The Morgan fingerprint density at radius 2 is 1.83 bits per heavy atom. The molecule has 0 amide bonds. The molecule has 2 aromatic rings. The van der Waals surface area contributed by atoms with E-state index in [0.29, 0.717) is 24.7 Å². The average Bonchev–Trinajstić information content (AvgIpc) is 2.58. The van der Waals surface area contributed by atoms with Crippen molar-refractivity contribution in [1.82, 2.24) is 14.9 Å². The van der Waals surface area contributed by atoms with Gasteiger partial charge in [0.25, 0.3) is 0 Å². The molecule has 1 aromatic carbocycles. The van der Waals surface area contributed by atoms with Gasteiger partial charge in [-0.05, 0) is 6.92 Å². The molecule has 0 bridgehead atoms. The van der Waals surface area contributed by atoms with Crippen molar-refractivity contribution in [3.05, 3.63) is 30.3 Å². The summed E-state index contributed by atoms with van der Waals surface area (Å²) in [6, 6.07) is 9.67. The van der Waals surface area contributed by atoms with Crippen molar-refractivity contribution in [1.29, 1.82) is 0 Å². The topological polar surface area (TPSA) is 99.5 Å². The highest BCUT2D eigenvalue weighted by atomic mass is 16.5. The van der Waals surface area contributed by atoms with Crippen LogP contribution in [0.15, 0.2) is 30.3 Å². The Morgan fingerprint density at radius 1 is 1.13 bits per heavy atom. The van der Waals surface area contributed by atoms with Gasteiger partial charge in [-0.3, -0.25) is 4.90 Å². The lowest BCUT2D eigenvalue weighted by molar-refractivity contribution is -0.0370. The van der Waals surface area contributed by atoms with E-state index in [1.54, 1.807) is 0 Å². The molecule has 122 valence electrons. The molecule has 1 unspecified atom stereocenters. The maximum atomic E-state index is 6.09. The van der Waals surface area contributed by atoms with E-state index in [1.165, 1.54) is 0 Å². The summed E-state index contributed by atoms with van der Waals surface area (Å²) in [5.41, 5.74) is 13.3. The van der Waals surface area contributed by atoms with Gasteiger partial charge in [0.05, 0.1) is 13.2 Å². The first-order valence-electron chi connectivity index (χ1n) is 7.62. The van der Waals surface area contributed by atoms with E-state index in [2.05, 4.69) is 14.9 Å². The first-order chi connectivity index (χ1) is 11.1. The highest BCUT2D eigenvalue weighted by Gasteiger charge is 2.22. The quantitative estimate of drug-likeness (QED) is 0.878. The zero-order valence-corrected chi connectivity index (χ0v) is 13.1. The summed E-state index contributed by atoms with van der Waals surface area (Å²) in [7, 11) is 0. The van der Waals surface area contributed by atoms with Gasteiger partial charge < -0.3 is 20.9 Å². The molecule has 0 radical (unpaired) electrons. The third-order valence-electron chi connectivity index (χ3n) is 3.80. The van der Waals surface area contributed by atoms with Gasteiger partial charge in [0.1, 0.15) is 11.9 Å². The van der Waals surface area contributed by atoms with Crippen LogP contribution in [0.25, 0.3) is 11.3 Å². The Bertz CT molecular complexity index is 659. The Labute approximate surface area is 135 Å². The molecule has 1 aliphatic rings. The van der Waals surface area contributed by atoms with Crippen LogP contribution in [-0.4, -0.2) is 47.4 Å². The highest BCUT2D eigenvalue weighted by molar-refractivity contribution is 5.73. The molecule has 4 N–H and O–H groups in total. The maximum absolute atomic E-state index is 6.09. The van der Waals surface area contributed by atoms with Crippen LogP contribution in [-0.2, 0) is 4.74 Å². The molecule has 1 aromatic heterocycles. The first-order valence-corrected chi connectivity index (χ1v) is 7.62. The van der Waals surface area contributed by atoms with Crippen LogP contribution < -0.4 is 16.2 Å². The minimum atomic E-state index is -0.157. The molecule has 3 rings (SSSR count). The summed E-state index contributed by atoms with van der Waals surface area (Å²) in [6.07, 6.45) is -0.157. The van der Waals surface area contributed by atoms with Crippen LogP contribution in [0.3, 0.4) is 0 Å². The van der Waals surface area contributed by atoms with E-state index >= 15 is 0 Å². The highest BCUT2D eigenvalue weighted by Crippen LogP contribution is 2.34. The summed E-state index contributed by atoms with van der Waals surface area (Å²) >= 11 is 0. The minimum absolute atomic E-state index is 0.132. The number of nitrogens with zero attached hydrogens (tertiary/aromatic N) is 3. The van der Waals surface area contributed by atoms with Crippen LogP contribution in [0.4, 0.5) is 11.8 Å². The smallest absolute Gasteiger partial charge is 0.222 e. The first kappa shape index (κ1) is 15.5. The Kier molecular flexibility index (Phi) is 4.59. The predicted molar refractivity (Wildman–Crippen MR) is 88.8 cm³/mol. The van der Waals surface area contributed by atoms with E-state index < -0.39 is 0 Å². The van der Waals surface area contributed by atoms with Gasteiger partial charge in [-0.25, -0.2) is 4.98 Å². The molecule has 1 saturated heterocycles. The van der Waals surface area contributed by atoms with E-state index in [4.69, 9.17) is 20.9 Å². The fraction of sp³-hybridized carbons (Fsp3) is 0.375. The van der Waals surface area contributed by atoms with Crippen LogP contribution >= 0.6 is 0 Å². The van der Waals surface area contributed by atoms with Crippen molar-refractivity contribution in [3.8, 4) is 17.0 Å². The molecule has 0 spiro atoms. The number of anilines is 2. The molecule has 0 aliphatic carbocycles. The van der Waals surface area contributed by atoms with Gasteiger partial charge in [-0.1, -0.05) is 30.3 Å². The van der Waals surface area contributed by atoms with E-state index in [9.17, 15) is 0 Å². The molecular formula is C16H21N5O2. The summed E-state index contributed by atoms with van der Waals surface area (Å²) in [6.45, 7) is 5.02. The second-order valence-corrected chi connectivity index (χ2v) is 5.38. The van der Waals surface area contributed by atoms with Gasteiger partial charge in [0.15, 0.2) is 11.6 Å². The number of benzene rings is 1. The van der Waals surface area contributed by atoms with Crippen LogP contribution in [0.1, 0.15) is 6.92 Å². The molecule has 1 aliphatic heterocycles. The van der Waals surface area contributed by atoms with Gasteiger partial charge in [0, 0.05) is 18.7 Å². The number of hydrogen-bond acceptors (Lipinski definition) is 7. The lowest BCUT2D eigenvalue weighted by Gasteiger charge is -2.32. The van der Waals surface area contributed by atoms with E-state index in [1.807, 2.05) is 37.3 Å². The second-order valence-electron chi connectivity index (χ2n) is 5.38. The van der Waals surface area contributed by atoms with Gasteiger partial charge in [0.2, 0.25) is 5.95 Å². The van der Waals surface area contributed by atoms with Gasteiger partial charge >= 0.3 is 0 Å². The zero-order chi connectivity index (χ0) is 16.2. The number of nitrogens with two attached hydrogens (primary N) is 2. The van der Waals surface area contributed by atoms with Gasteiger partial charge in [-0.15, -0.1) is 0 Å². The van der Waals surface area contributed by atoms with Crippen molar-refractivity contribution < 1.29 is 9.47 Å².